The zero-order valence-corrected chi connectivity index (χ0v) is 69.7. The molecule has 0 rings (SSSR count). The average Bonchev–Trinajstić information content (AvgIpc) is 2.78. The van der Waals surface area contributed by atoms with Gasteiger partial charge < -0.3 is 144 Å². The van der Waals surface area contributed by atoms with Gasteiger partial charge in [-0.15, -0.1) is 0 Å². The fourth-order valence-electron chi connectivity index (χ4n) is 1.11. The van der Waals surface area contributed by atoms with E-state index in [-0.39, 0.29) is 458 Å². The maximum absolute atomic E-state index is 3.70. The first-order valence-electron chi connectivity index (χ1n) is 11.6. The molecular formula is C31H56Y14-14. The standard InChI is InChI=1S/C8H14.C7H13.C6H9.C4H7.C3H7.C3H6.14Y/c1-3-5-7-8-6-4-2;1-3-5-7-6-4-2;1-3-5-6-4-2;1-3-4-2;2*1-3-2;;;;;;;;;;;;;;/h4-5,8H,1,3,6-7H2,2H3;5-6H,1,3-4,7H2,2H3;5H,1-3,6H2;1,4H2,2H3;1,3H2,2H3;1-3H2;;;;;;;;;;;;;;/q-4;2*-3;2*-1;-2;;;;;;;;;;;;;;. The third-order valence-electron chi connectivity index (χ3n) is 2.51. The van der Waals surface area contributed by atoms with Crippen molar-refractivity contribution in [3.63, 3.8) is 0 Å². The molecule has 0 saturated carbocycles. The van der Waals surface area contributed by atoms with Crippen LogP contribution >= 0.6 is 0 Å². The molecule has 0 heterocycles. The van der Waals surface area contributed by atoms with Crippen molar-refractivity contribution in [2.75, 3.05) is 0 Å². The summed E-state index contributed by atoms with van der Waals surface area (Å²) in [4.78, 5) is 0. The Hall–Kier alpha value is 14.9. The molecule has 0 N–H and O–H groups in total. The number of allylic oxidation sites excluding steroid dienone is 2. The fraction of sp³-hybridized carbons (Fsp3) is 0.484. The first kappa shape index (κ1) is 131. The van der Waals surface area contributed by atoms with Crippen LogP contribution in [0.5, 0.6) is 0 Å². The Morgan fingerprint density at radius 3 is 0.889 bits per heavy atom. The van der Waals surface area contributed by atoms with Crippen LogP contribution in [0.15, 0.2) is 13.2 Å². The number of unbranched alkanes of at least 4 members (excludes halogenated alkanes) is 11. The van der Waals surface area contributed by atoms with E-state index in [1.165, 1.54) is 6.42 Å². The molecule has 0 aromatic carbocycles. The van der Waals surface area contributed by atoms with Crippen molar-refractivity contribution in [3.8, 4) is 0 Å². The van der Waals surface area contributed by atoms with Gasteiger partial charge in [0.25, 0.3) is 0 Å². The summed E-state index contributed by atoms with van der Waals surface area (Å²) in [6.45, 7) is 36.2. The summed E-state index contributed by atoms with van der Waals surface area (Å²) < 4.78 is 0. The Balaban J connectivity index is -0.00000000894. The smallest absolute Gasteiger partial charge is 0 e. The van der Waals surface area contributed by atoms with Crippen LogP contribution < -0.4 is 0 Å². The van der Waals surface area contributed by atoms with Gasteiger partial charge in [-0.1, -0.05) is 20.8 Å². The van der Waals surface area contributed by atoms with Crippen molar-refractivity contribution >= 4 is 0 Å². The van der Waals surface area contributed by atoms with Crippen LogP contribution in [0.1, 0.15) is 98.3 Å². The molecule has 0 aliphatic heterocycles. The topological polar surface area (TPSA) is 0 Å². The molecule has 45 heavy (non-hydrogen) atoms. The van der Waals surface area contributed by atoms with E-state index in [9.17, 15) is 0 Å². The molecule has 0 saturated heterocycles. The van der Waals surface area contributed by atoms with Crippen molar-refractivity contribution in [3.05, 3.63) is 105 Å². The molecule has 14 heteroatoms. The fourth-order valence-corrected chi connectivity index (χ4v) is 1.11. The second-order valence-electron chi connectivity index (χ2n) is 5.74. The van der Waals surface area contributed by atoms with Gasteiger partial charge in [-0.3, -0.25) is 13.2 Å². The molecule has 0 bridgehead atoms. The van der Waals surface area contributed by atoms with Gasteiger partial charge in [-0.05, 0) is 0 Å². The quantitative estimate of drug-likeness (QED) is 0.127. The second-order valence-corrected chi connectivity index (χ2v) is 5.74. The van der Waals surface area contributed by atoms with E-state index in [1.807, 2.05) is 20.3 Å². The van der Waals surface area contributed by atoms with Crippen LogP contribution in [0.4, 0.5) is 0 Å². The molecular weight excluding hydrogens is 1620 g/mol. The molecule has 0 aliphatic carbocycles. The number of hydrogen-bond donors (Lipinski definition) is 0. The summed E-state index contributed by atoms with van der Waals surface area (Å²) in [6.07, 6.45) is 29.3. The van der Waals surface area contributed by atoms with Crippen LogP contribution in [0.3, 0.4) is 0 Å². The molecule has 0 unspecified atom stereocenters. The van der Waals surface area contributed by atoms with Crippen LogP contribution in [-0.2, 0) is 458 Å². The predicted octanol–water partition coefficient (Wildman–Crippen LogP) is 10.5. The van der Waals surface area contributed by atoms with E-state index in [1.54, 1.807) is 0 Å². The molecule has 0 fully saturated rings. The molecule has 14 radical (unpaired) electrons. The zero-order chi connectivity index (χ0) is 25.4. The Morgan fingerprint density at radius 2 is 0.733 bits per heavy atom. The summed E-state index contributed by atoms with van der Waals surface area (Å²) in [6, 6.07) is 0. The minimum Gasteiger partial charge on any atom is -0.534 e. The number of rotatable bonds is 13. The van der Waals surface area contributed by atoms with E-state index >= 15 is 0 Å². The Kier molecular flexibility index (Phi) is 498. The van der Waals surface area contributed by atoms with E-state index in [0.717, 1.165) is 64.2 Å². The van der Waals surface area contributed by atoms with Crippen LogP contribution in [0, 0.1) is 92.2 Å². The summed E-state index contributed by atoms with van der Waals surface area (Å²) >= 11 is 0. The average molecular weight is 1670 g/mol. The monoisotopic (exact) mass is 1670 g/mol. The van der Waals surface area contributed by atoms with Crippen molar-refractivity contribution in [1.82, 2.24) is 0 Å². The Bertz CT molecular complexity index is 232. The van der Waals surface area contributed by atoms with Gasteiger partial charge in [0.2, 0.25) is 0 Å². The van der Waals surface area contributed by atoms with E-state index in [4.69, 9.17) is 0 Å². The van der Waals surface area contributed by atoms with Crippen molar-refractivity contribution < 1.29 is 458 Å². The number of hydrogen-bond acceptors (Lipinski definition) is 0. The zero-order valence-electron chi connectivity index (χ0n) is 30.0. The summed E-state index contributed by atoms with van der Waals surface area (Å²) in [7, 11) is 0. The molecule has 0 amide bonds. The van der Waals surface area contributed by atoms with Crippen molar-refractivity contribution in [2.24, 2.45) is 0 Å². The van der Waals surface area contributed by atoms with Gasteiger partial charge >= 0.3 is 0 Å². The van der Waals surface area contributed by atoms with E-state index < -0.39 is 0 Å². The molecule has 0 spiro atoms. The van der Waals surface area contributed by atoms with Gasteiger partial charge in [0.15, 0.2) is 0 Å². The molecule has 0 atom stereocenters. The molecule has 0 aromatic heterocycles. The molecule has 236 valence electrons. The maximum atomic E-state index is 3.70. The largest absolute Gasteiger partial charge is 0.534 e. The second kappa shape index (κ2) is 172. The van der Waals surface area contributed by atoms with Crippen LogP contribution in [0.25, 0.3) is 0 Å². The van der Waals surface area contributed by atoms with Gasteiger partial charge in [0, 0.05) is 458 Å². The Labute approximate surface area is 643 Å². The normalized spacial score (nSPS) is 5.64. The minimum absolute atomic E-state index is 0. The van der Waals surface area contributed by atoms with Crippen LogP contribution in [-0.4, -0.2) is 0 Å². The maximum Gasteiger partial charge on any atom is 0 e. The van der Waals surface area contributed by atoms with Crippen LogP contribution in [0.2, 0.25) is 0 Å². The SMILES string of the molecule is C=[C-]CC.C=[C-]C[CH-]C[CH2-].[CH2-]CC.[CH2-]C[CH-]C[CH-]CC.[CH2-]C[CH-]C[CH-]C[CH-]C.[CH2-]C[CH2-].[Y].[Y].[Y].[Y].[Y].[Y].[Y].[Y].[Y].[Y].[Y].[Y].[Y].[Y]. The third-order valence-corrected chi connectivity index (χ3v) is 2.51. The first-order valence-corrected chi connectivity index (χ1v) is 11.6. The molecule has 0 aromatic rings. The molecule has 0 aliphatic rings. The summed E-state index contributed by atoms with van der Waals surface area (Å²) in [5.74, 6) is 0. The third kappa shape index (κ3) is 245. The van der Waals surface area contributed by atoms with Gasteiger partial charge in [-0.25, -0.2) is 0 Å². The van der Waals surface area contributed by atoms with E-state index in [2.05, 4.69) is 113 Å². The van der Waals surface area contributed by atoms with Gasteiger partial charge in [-0.2, -0.15) is 26.2 Å². The summed E-state index contributed by atoms with van der Waals surface area (Å²) in [5.41, 5.74) is 0. The van der Waals surface area contributed by atoms with Crippen molar-refractivity contribution in [2.45, 2.75) is 98.3 Å². The van der Waals surface area contributed by atoms with Gasteiger partial charge in [0.05, 0.1) is 0 Å². The predicted molar refractivity (Wildman–Crippen MR) is 149 cm³/mol. The van der Waals surface area contributed by atoms with Crippen molar-refractivity contribution in [1.29, 1.82) is 0 Å². The minimum atomic E-state index is 0. The molecule has 0 nitrogen and oxygen atoms in total. The van der Waals surface area contributed by atoms with Gasteiger partial charge in [0.1, 0.15) is 0 Å². The Morgan fingerprint density at radius 1 is 0.467 bits per heavy atom. The first-order chi connectivity index (χ1) is 15.0. The summed E-state index contributed by atoms with van der Waals surface area (Å²) in [5, 5.41) is 0. The van der Waals surface area contributed by atoms with E-state index in [0.29, 0.717) is 0 Å².